The van der Waals surface area contributed by atoms with Gasteiger partial charge in [0, 0.05) is 12.7 Å². The highest BCUT2D eigenvalue weighted by Gasteiger charge is 2.74. The van der Waals surface area contributed by atoms with Crippen molar-refractivity contribution in [2.75, 3.05) is 11.9 Å². The predicted octanol–water partition coefficient (Wildman–Crippen LogP) is 1.11. The number of ether oxygens (including phenoxy) is 1. The Morgan fingerprint density at radius 3 is 2.24 bits per heavy atom. The molecule has 0 unspecified atom stereocenters. The lowest BCUT2D eigenvalue weighted by Gasteiger charge is -2.44. The van der Waals surface area contributed by atoms with E-state index in [-0.39, 0.29) is 6.61 Å². The third-order valence-electron chi connectivity index (χ3n) is 6.62. The van der Waals surface area contributed by atoms with Crippen LogP contribution in [0.1, 0.15) is 19.4 Å². The number of sulfone groups is 1. The summed E-state index contributed by atoms with van der Waals surface area (Å²) in [4.78, 5) is 41.0. The summed E-state index contributed by atoms with van der Waals surface area (Å²) in [6.45, 7) is 2.62. The number of nitrogens with zero attached hydrogens (tertiary/aromatic N) is 2. The number of amides is 2. The SMILES string of the molecule is CN(C(=O)[C@@H](O)[C@@H]1C(=O)N2[C@@H](C(=O)OCc3ccccc3)C(C)(C)S(=O)(=O)[C@H]12)c1ccccc1. The molecule has 9 nitrogen and oxygen atoms in total. The third-order valence-corrected chi connectivity index (χ3v) is 9.47. The number of fused-ring (bicyclic) bond motifs is 1. The molecular weight excluding hydrogens is 460 g/mol. The van der Waals surface area contributed by atoms with Crippen molar-refractivity contribution in [3.63, 3.8) is 0 Å². The standard InChI is InChI=1S/C24H26N2O7S/c1-24(2)19(23(30)33-14-15-10-6-4-7-11-15)26-20(28)17(22(26)34(24,31)32)18(27)21(29)25(3)16-12-8-5-9-13-16/h4-13,17-19,22,27H,14H2,1-3H3/t17-,18+,19+,22-/m1/s1. The summed E-state index contributed by atoms with van der Waals surface area (Å²) in [6.07, 6.45) is -1.89. The Hall–Kier alpha value is -3.24. The Labute approximate surface area is 197 Å². The number of carbonyl (C=O) groups is 3. The van der Waals surface area contributed by atoms with Crippen molar-refractivity contribution in [1.29, 1.82) is 0 Å². The normalized spacial score (nSPS) is 25.1. The Balaban J connectivity index is 1.56. The van der Waals surface area contributed by atoms with Crippen molar-refractivity contribution in [2.45, 2.75) is 42.7 Å². The van der Waals surface area contributed by atoms with Gasteiger partial charge in [0.25, 0.3) is 5.91 Å². The van der Waals surface area contributed by atoms with Crippen LogP contribution in [0.4, 0.5) is 5.69 Å². The molecule has 0 aliphatic carbocycles. The molecule has 2 amide bonds. The predicted molar refractivity (Wildman–Crippen MR) is 123 cm³/mol. The second-order valence-corrected chi connectivity index (χ2v) is 11.6. The summed E-state index contributed by atoms with van der Waals surface area (Å²) < 4.78 is 30.4. The number of para-hydroxylation sites is 1. The maximum absolute atomic E-state index is 13.4. The number of β-lactam (4-membered cyclic amide) rings is 1. The number of rotatable bonds is 6. The number of anilines is 1. The van der Waals surface area contributed by atoms with Crippen molar-refractivity contribution in [1.82, 2.24) is 4.90 Å². The van der Waals surface area contributed by atoms with E-state index in [9.17, 15) is 27.9 Å². The van der Waals surface area contributed by atoms with Crippen LogP contribution in [-0.4, -0.2) is 65.5 Å². The maximum Gasteiger partial charge on any atom is 0.330 e. The maximum atomic E-state index is 13.4. The zero-order chi connectivity index (χ0) is 24.8. The fourth-order valence-electron chi connectivity index (χ4n) is 4.56. The number of hydrogen-bond donors (Lipinski definition) is 1. The first kappa shape index (κ1) is 23.9. The molecule has 2 fully saturated rings. The second-order valence-electron chi connectivity index (χ2n) is 8.98. The molecule has 4 atom stereocenters. The molecule has 2 aliphatic rings. The van der Waals surface area contributed by atoms with Crippen LogP contribution < -0.4 is 4.90 Å². The number of aliphatic hydroxyl groups excluding tert-OH is 1. The van der Waals surface area contributed by atoms with Crippen LogP contribution in [0.5, 0.6) is 0 Å². The lowest BCUT2D eigenvalue weighted by Crippen LogP contribution is -2.68. The Morgan fingerprint density at radius 2 is 1.65 bits per heavy atom. The van der Waals surface area contributed by atoms with Crippen molar-refractivity contribution in [2.24, 2.45) is 5.92 Å². The molecule has 0 bridgehead atoms. The van der Waals surface area contributed by atoms with Crippen molar-refractivity contribution in [3.8, 4) is 0 Å². The highest BCUT2D eigenvalue weighted by Crippen LogP contribution is 2.50. The summed E-state index contributed by atoms with van der Waals surface area (Å²) in [5.41, 5.74) is 1.19. The van der Waals surface area contributed by atoms with Crippen LogP contribution in [0.3, 0.4) is 0 Å². The molecule has 2 aromatic carbocycles. The van der Waals surface area contributed by atoms with Gasteiger partial charge in [-0.05, 0) is 31.5 Å². The van der Waals surface area contributed by atoms with Gasteiger partial charge in [0.05, 0.1) is 4.75 Å². The monoisotopic (exact) mass is 486 g/mol. The van der Waals surface area contributed by atoms with E-state index in [0.29, 0.717) is 11.3 Å². The van der Waals surface area contributed by atoms with Crippen molar-refractivity contribution in [3.05, 3.63) is 66.2 Å². The minimum Gasteiger partial charge on any atom is -0.459 e. The van der Waals surface area contributed by atoms with E-state index >= 15 is 0 Å². The minimum atomic E-state index is -4.12. The Morgan fingerprint density at radius 1 is 1.09 bits per heavy atom. The first-order chi connectivity index (χ1) is 16.0. The van der Waals surface area contributed by atoms with E-state index in [4.69, 9.17) is 4.74 Å². The number of esters is 1. The van der Waals surface area contributed by atoms with Gasteiger partial charge in [0.2, 0.25) is 5.91 Å². The van der Waals surface area contributed by atoms with Gasteiger partial charge in [-0.3, -0.25) is 9.59 Å². The lowest BCUT2D eigenvalue weighted by atomic mass is 9.87. The molecule has 0 saturated carbocycles. The number of carbonyl (C=O) groups excluding carboxylic acids is 3. The quantitative estimate of drug-likeness (QED) is 0.480. The number of hydrogen-bond acceptors (Lipinski definition) is 7. The van der Waals surface area contributed by atoms with E-state index in [1.807, 2.05) is 6.07 Å². The molecule has 1 N–H and O–H groups in total. The Kier molecular flexibility index (Phi) is 5.99. The average molecular weight is 487 g/mol. The summed E-state index contributed by atoms with van der Waals surface area (Å²) in [7, 11) is -2.69. The summed E-state index contributed by atoms with van der Waals surface area (Å²) in [5, 5.41) is 9.25. The van der Waals surface area contributed by atoms with Gasteiger partial charge in [0.1, 0.15) is 30.0 Å². The third kappa shape index (κ3) is 3.57. The summed E-state index contributed by atoms with van der Waals surface area (Å²) in [5.74, 6) is -3.95. The van der Waals surface area contributed by atoms with E-state index in [0.717, 1.165) is 4.90 Å². The number of benzene rings is 2. The van der Waals surface area contributed by atoms with E-state index < -0.39 is 55.8 Å². The molecule has 2 aliphatic heterocycles. The minimum absolute atomic E-state index is 0.0780. The highest BCUT2D eigenvalue weighted by atomic mass is 32.2. The molecule has 0 aromatic heterocycles. The van der Waals surface area contributed by atoms with Crippen LogP contribution in [0.15, 0.2) is 60.7 Å². The van der Waals surface area contributed by atoms with E-state index in [1.54, 1.807) is 54.6 Å². The smallest absolute Gasteiger partial charge is 0.330 e. The molecular formula is C24H26N2O7S. The van der Waals surface area contributed by atoms with Crippen molar-refractivity contribution < 1.29 is 32.6 Å². The van der Waals surface area contributed by atoms with Gasteiger partial charge in [0.15, 0.2) is 9.84 Å². The lowest BCUT2D eigenvalue weighted by molar-refractivity contribution is -0.173. The van der Waals surface area contributed by atoms with E-state index in [1.165, 1.54) is 25.8 Å². The van der Waals surface area contributed by atoms with E-state index in [2.05, 4.69) is 0 Å². The van der Waals surface area contributed by atoms with Gasteiger partial charge in [-0.2, -0.15) is 0 Å². The first-order valence-corrected chi connectivity index (χ1v) is 12.3. The second kappa shape index (κ2) is 8.52. The molecule has 0 radical (unpaired) electrons. The molecule has 10 heteroatoms. The largest absolute Gasteiger partial charge is 0.459 e. The molecule has 2 aromatic rings. The van der Waals surface area contributed by atoms with Crippen LogP contribution in [0, 0.1) is 5.92 Å². The summed E-state index contributed by atoms with van der Waals surface area (Å²) >= 11 is 0. The van der Waals surface area contributed by atoms with Crippen LogP contribution in [0.2, 0.25) is 0 Å². The van der Waals surface area contributed by atoms with Gasteiger partial charge < -0.3 is 19.6 Å². The topological polar surface area (TPSA) is 121 Å². The summed E-state index contributed by atoms with van der Waals surface area (Å²) in [6, 6.07) is 15.9. The van der Waals surface area contributed by atoms with Gasteiger partial charge in [-0.1, -0.05) is 48.5 Å². The number of aliphatic hydroxyl groups is 1. The molecule has 4 rings (SSSR count). The van der Waals surface area contributed by atoms with Crippen molar-refractivity contribution >= 4 is 33.3 Å². The molecule has 180 valence electrons. The van der Waals surface area contributed by atoms with Crippen LogP contribution >= 0.6 is 0 Å². The molecule has 2 saturated heterocycles. The van der Waals surface area contributed by atoms with Crippen LogP contribution in [0.25, 0.3) is 0 Å². The first-order valence-electron chi connectivity index (χ1n) is 10.8. The molecule has 0 spiro atoms. The zero-order valence-electron chi connectivity index (χ0n) is 19.0. The van der Waals surface area contributed by atoms with Gasteiger partial charge in [-0.25, -0.2) is 13.2 Å². The highest BCUT2D eigenvalue weighted by molar-refractivity contribution is 7.93. The zero-order valence-corrected chi connectivity index (χ0v) is 19.8. The van der Waals surface area contributed by atoms with Crippen LogP contribution in [-0.2, 0) is 35.6 Å². The fourth-order valence-corrected chi connectivity index (χ4v) is 6.87. The molecule has 2 heterocycles. The Bertz CT molecular complexity index is 1210. The molecule has 34 heavy (non-hydrogen) atoms. The van der Waals surface area contributed by atoms with Gasteiger partial charge >= 0.3 is 5.97 Å². The number of likely N-dealkylation sites (N-methyl/N-ethyl adjacent to an activating group) is 1. The van der Waals surface area contributed by atoms with Gasteiger partial charge in [-0.15, -0.1) is 0 Å². The fraction of sp³-hybridized carbons (Fsp3) is 0.375. The average Bonchev–Trinajstić information content (AvgIpc) is 2.97.